The number of benzene rings is 1. The largest absolute Gasteiger partial charge is 0.378 e. The molecular weight excluding hydrogens is 470 g/mol. The molecule has 11 heteroatoms. The van der Waals surface area contributed by atoms with Crippen LogP contribution in [0.15, 0.2) is 36.5 Å². The topological polar surface area (TPSA) is 97.4 Å². The SMILES string of the molecule is CCn1c(N2CCN(C)C(=O)C2)nc2c(N3CCOCC3)nc(-c3cccc(-c4ccn(C)n4)c3)nc21. The lowest BCUT2D eigenvalue weighted by molar-refractivity contribution is -0.129. The minimum Gasteiger partial charge on any atom is -0.378 e. The van der Waals surface area contributed by atoms with Crippen LogP contribution in [0.4, 0.5) is 11.8 Å². The Morgan fingerprint density at radius 3 is 2.49 bits per heavy atom. The van der Waals surface area contributed by atoms with Gasteiger partial charge in [-0.2, -0.15) is 5.10 Å². The van der Waals surface area contributed by atoms with Gasteiger partial charge in [0.05, 0.1) is 25.5 Å². The second-order valence-electron chi connectivity index (χ2n) is 9.49. The average Bonchev–Trinajstić information content (AvgIpc) is 3.53. The van der Waals surface area contributed by atoms with Crippen molar-refractivity contribution in [3.63, 3.8) is 0 Å². The van der Waals surface area contributed by atoms with Gasteiger partial charge in [0.1, 0.15) is 0 Å². The summed E-state index contributed by atoms with van der Waals surface area (Å²) in [6, 6.07) is 10.2. The number of morpholine rings is 1. The van der Waals surface area contributed by atoms with E-state index in [0.717, 1.165) is 59.4 Å². The molecule has 0 atom stereocenters. The molecule has 3 aromatic heterocycles. The minimum atomic E-state index is 0.0903. The van der Waals surface area contributed by atoms with E-state index in [9.17, 15) is 4.79 Å². The summed E-state index contributed by atoms with van der Waals surface area (Å²) in [7, 11) is 3.76. The van der Waals surface area contributed by atoms with Crippen LogP contribution in [0.2, 0.25) is 0 Å². The molecule has 37 heavy (non-hydrogen) atoms. The van der Waals surface area contributed by atoms with Crippen LogP contribution in [0.5, 0.6) is 0 Å². The van der Waals surface area contributed by atoms with Gasteiger partial charge in [-0.05, 0) is 19.1 Å². The van der Waals surface area contributed by atoms with Crippen LogP contribution in [0.3, 0.4) is 0 Å². The highest BCUT2D eigenvalue weighted by molar-refractivity contribution is 5.89. The molecule has 2 fully saturated rings. The molecule has 11 nitrogen and oxygen atoms in total. The average molecular weight is 502 g/mol. The number of nitrogens with zero attached hydrogens (tertiary/aromatic N) is 9. The summed E-state index contributed by atoms with van der Waals surface area (Å²) in [6.45, 7) is 7.22. The molecule has 5 heterocycles. The molecule has 1 aromatic carbocycles. The third-order valence-electron chi connectivity index (χ3n) is 7.05. The molecule has 0 bridgehead atoms. The lowest BCUT2D eigenvalue weighted by Gasteiger charge is -2.32. The number of carbonyl (C=O) groups is 1. The van der Waals surface area contributed by atoms with E-state index in [1.807, 2.05) is 44.6 Å². The summed E-state index contributed by atoms with van der Waals surface area (Å²) < 4.78 is 9.51. The molecule has 6 rings (SSSR count). The van der Waals surface area contributed by atoms with Crippen molar-refractivity contribution in [2.24, 2.45) is 7.05 Å². The molecule has 0 saturated carbocycles. The van der Waals surface area contributed by atoms with E-state index in [1.165, 1.54) is 0 Å². The van der Waals surface area contributed by atoms with Crippen molar-refractivity contribution in [3.8, 4) is 22.6 Å². The second kappa shape index (κ2) is 9.47. The van der Waals surface area contributed by atoms with Crippen LogP contribution in [0, 0.1) is 0 Å². The summed E-state index contributed by atoms with van der Waals surface area (Å²) in [5.41, 5.74) is 4.36. The second-order valence-corrected chi connectivity index (χ2v) is 9.49. The van der Waals surface area contributed by atoms with Gasteiger partial charge in [0, 0.05) is 64.1 Å². The van der Waals surface area contributed by atoms with Gasteiger partial charge in [0.25, 0.3) is 0 Å². The number of carbonyl (C=O) groups excluding carboxylic acids is 1. The van der Waals surface area contributed by atoms with Crippen LogP contribution in [0.25, 0.3) is 33.8 Å². The maximum Gasteiger partial charge on any atom is 0.242 e. The Hall–Kier alpha value is -3.99. The van der Waals surface area contributed by atoms with Gasteiger partial charge in [-0.25, -0.2) is 15.0 Å². The van der Waals surface area contributed by atoms with Crippen LogP contribution < -0.4 is 9.80 Å². The maximum absolute atomic E-state index is 12.5. The summed E-state index contributed by atoms with van der Waals surface area (Å²) in [4.78, 5) is 33.7. The first-order valence-corrected chi connectivity index (χ1v) is 12.7. The zero-order valence-electron chi connectivity index (χ0n) is 21.5. The van der Waals surface area contributed by atoms with Crippen LogP contribution >= 0.6 is 0 Å². The van der Waals surface area contributed by atoms with Gasteiger partial charge in [-0.15, -0.1) is 0 Å². The van der Waals surface area contributed by atoms with E-state index < -0.39 is 0 Å². The number of amides is 1. The van der Waals surface area contributed by atoms with Gasteiger partial charge < -0.3 is 19.4 Å². The molecule has 2 aliphatic rings. The van der Waals surface area contributed by atoms with Crippen LogP contribution in [-0.4, -0.2) is 93.1 Å². The monoisotopic (exact) mass is 501 g/mol. The number of ether oxygens (including phenoxy) is 1. The highest BCUT2D eigenvalue weighted by Gasteiger charge is 2.28. The molecule has 0 unspecified atom stereocenters. The van der Waals surface area contributed by atoms with Gasteiger partial charge >= 0.3 is 0 Å². The highest BCUT2D eigenvalue weighted by atomic mass is 16.5. The van der Waals surface area contributed by atoms with Gasteiger partial charge in [0.15, 0.2) is 22.8 Å². The molecule has 1 amide bonds. The number of piperazine rings is 1. The number of hydrogen-bond acceptors (Lipinski definition) is 8. The maximum atomic E-state index is 12.5. The quantitative estimate of drug-likeness (QED) is 0.410. The van der Waals surface area contributed by atoms with E-state index in [0.29, 0.717) is 38.7 Å². The Balaban J connectivity index is 1.50. The van der Waals surface area contributed by atoms with Crippen molar-refractivity contribution in [3.05, 3.63) is 36.5 Å². The normalized spacial score (nSPS) is 16.7. The molecule has 192 valence electrons. The Morgan fingerprint density at radius 2 is 1.76 bits per heavy atom. The number of likely N-dealkylation sites (N-methyl/N-ethyl adjacent to an activating group) is 1. The molecule has 4 aromatic rings. The van der Waals surface area contributed by atoms with Gasteiger partial charge in [-0.1, -0.05) is 18.2 Å². The zero-order valence-corrected chi connectivity index (χ0v) is 21.5. The standard InChI is InChI=1S/C26H31N9O2/c1-4-35-25-22(27-26(35)34-11-10-31(2)21(36)17-34)24(33-12-14-37-15-13-33)28-23(29-25)19-7-5-6-18(16-19)20-8-9-32(3)30-20/h5-9,16H,4,10-15,17H2,1-3H3. The zero-order chi connectivity index (χ0) is 25.5. The Bertz CT molecular complexity index is 1450. The Morgan fingerprint density at radius 1 is 0.946 bits per heavy atom. The lowest BCUT2D eigenvalue weighted by Crippen LogP contribution is -2.49. The van der Waals surface area contributed by atoms with E-state index in [1.54, 1.807) is 9.58 Å². The number of rotatable bonds is 5. The molecule has 0 radical (unpaired) electrons. The predicted octanol–water partition coefficient (Wildman–Crippen LogP) is 2.03. The number of fused-ring (bicyclic) bond motifs is 1. The molecule has 2 aliphatic heterocycles. The van der Waals surface area contributed by atoms with Crippen LogP contribution in [0.1, 0.15) is 6.92 Å². The fourth-order valence-corrected chi connectivity index (χ4v) is 4.95. The van der Waals surface area contributed by atoms with E-state index >= 15 is 0 Å². The van der Waals surface area contributed by atoms with E-state index in [-0.39, 0.29) is 5.91 Å². The van der Waals surface area contributed by atoms with Crippen molar-refractivity contribution in [1.29, 1.82) is 0 Å². The van der Waals surface area contributed by atoms with Crippen molar-refractivity contribution in [2.45, 2.75) is 13.5 Å². The summed E-state index contributed by atoms with van der Waals surface area (Å²) >= 11 is 0. The first-order valence-electron chi connectivity index (χ1n) is 12.7. The van der Waals surface area contributed by atoms with E-state index in [2.05, 4.69) is 32.5 Å². The smallest absolute Gasteiger partial charge is 0.242 e. The number of aromatic nitrogens is 6. The molecule has 2 saturated heterocycles. The van der Waals surface area contributed by atoms with Crippen molar-refractivity contribution in [1.82, 2.24) is 34.2 Å². The van der Waals surface area contributed by atoms with Crippen LogP contribution in [-0.2, 0) is 23.1 Å². The first kappa shape index (κ1) is 23.4. The van der Waals surface area contributed by atoms with Crippen molar-refractivity contribution in [2.75, 3.05) is 62.8 Å². The summed E-state index contributed by atoms with van der Waals surface area (Å²) in [5.74, 6) is 2.30. The Labute approximate surface area is 215 Å². The van der Waals surface area contributed by atoms with Gasteiger partial charge in [0.2, 0.25) is 11.9 Å². The number of aryl methyl sites for hydroxylation is 2. The fraction of sp³-hybridized carbons (Fsp3) is 0.423. The first-order chi connectivity index (χ1) is 18.0. The molecule has 0 spiro atoms. The Kier molecular flexibility index (Phi) is 5.99. The number of hydrogen-bond donors (Lipinski definition) is 0. The van der Waals surface area contributed by atoms with E-state index in [4.69, 9.17) is 19.7 Å². The highest BCUT2D eigenvalue weighted by Crippen LogP contribution is 2.32. The molecule has 0 aliphatic carbocycles. The van der Waals surface area contributed by atoms with Crippen molar-refractivity contribution < 1.29 is 9.53 Å². The summed E-state index contributed by atoms with van der Waals surface area (Å²) in [6.07, 6.45) is 1.94. The molecular formula is C26H31N9O2. The number of anilines is 2. The third-order valence-corrected chi connectivity index (χ3v) is 7.05. The molecule has 0 N–H and O–H groups in total. The predicted molar refractivity (Wildman–Crippen MR) is 142 cm³/mol. The third kappa shape index (κ3) is 4.29. The fourth-order valence-electron chi connectivity index (χ4n) is 4.95. The summed E-state index contributed by atoms with van der Waals surface area (Å²) in [5, 5.41) is 4.55. The van der Waals surface area contributed by atoms with Gasteiger partial charge in [-0.3, -0.25) is 14.0 Å². The lowest BCUT2D eigenvalue weighted by atomic mass is 10.1. The minimum absolute atomic E-state index is 0.0903. The number of imidazole rings is 1. The van der Waals surface area contributed by atoms with Crippen molar-refractivity contribution >= 4 is 28.8 Å².